The van der Waals surface area contributed by atoms with Crippen LogP contribution in [0.2, 0.25) is 0 Å². The molecule has 0 saturated carbocycles. The molecule has 2 aliphatic rings. The van der Waals surface area contributed by atoms with Gasteiger partial charge in [0, 0.05) is 37.2 Å². The van der Waals surface area contributed by atoms with Gasteiger partial charge in [-0.3, -0.25) is 9.59 Å². The topological polar surface area (TPSA) is 90.6 Å². The van der Waals surface area contributed by atoms with Gasteiger partial charge in [0.15, 0.2) is 0 Å². The largest absolute Gasteiger partial charge is 0.371 e. The summed E-state index contributed by atoms with van der Waals surface area (Å²) in [5.41, 5.74) is 3.07. The van der Waals surface area contributed by atoms with E-state index in [4.69, 9.17) is 0 Å². The molecule has 2 amide bonds. The number of hydrogen-bond donors (Lipinski definition) is 1. The monoisotopic (exact) mass is 465 g/mol. The normalized spacial score (nSPS) is 16.7. The van der Waals surface area contributed by atoms with E-state index in [0.29, 0.717) is 30.0 Å². The molecule has 172 valence electrons. The van der Waals surface area contributed by atoms with Crippen molar-refractivity contribution in [2.75, 3.05) is 18.4 Å². The van der Waals surface area contributed by atoms with Gasteiger partial charge in [-0.15, -0.1) is 22.6 Å². The summed E-state index contributed by atoms with van der Waals surface area (Å²) in [4.78, 5) is 36.2. The number of thiazole rings is 1. The maximum Gasteiger partial charge on any atom is 0.371 e. The number of anilines is 1. The van der Waals surface area contributed by atoms with Crippen molar-refractivity contribution in [3.63, 3.8) is 0 Å². The standard InChI is InChI=1S/C24H28N6O2S/c1-4-5-8-21(31)29-12-9-18(10-13-29)24-27-20(15-33-24)23(32)26-19-7-6-11-25-22(19)30-17(3)14-16(2)28-30/h4,6-7,11,15,18H,1,5,8-10,12-14H2,2-3H3/p+1. The molecule has 1 fully saturated rings. The molecule has 0 aliphatic carbocycles. The lowest BCUT2D eigenvalue weighted by molar-refractivity contribution is -0.446. The number of aromatic nitrogens is 2. The first-order valence-electron chi connectivity index (χ1n) is 11.2. The number of hydrazone groups is 1. The number of piperidine rings is 1. The van der Waals surface area contributed by atoms with E-state index in [2.05, 4.69) is 27.0 Å². The molecule has 0 unspecified atom stereocenters. The molecule has 0 spiro atoms. The lowest BCUT2D eigenvalue weighted by Crippen LogP contribution is -2.37. The fourth-order valence-corrected chi connectivity index (χ4v) is 5.12. The van der Waals surface area contributed by atoms with Gasteiger partial charge in [-0.25, -0.2) is 4.98 Å². The third-order valence-electron chi connectivity index (χ3n) is 5.89. The smallest absolute Gasteiger partial charge is 0.343 e. The Morgan fingerprint density at radius 2 is 2.12 bits per heavy atom. The van der Waals surface area contributed by atoms with Crippen LogP contribution in [-0.2, 0) is 4.79 Å². The molecule has 4 rings (SSSR count). The van der Waals surface area contributed by atoms with E-state index in [9.17, 15) is 9.59 Å². The number of nitrogens with one attached hydrogen (secondary N) is 1. The SMILES string of the molecule is C=CCCC(=O)N1CCC(c2nc(C(=O)Nc3cccnc3[N+]3=C(C)CC(C)=N3)cs2)CC1. The molecule has 9 heteroatoms. The summed E-state index contributed by atoms with van der Waals surface area (Å²) in [5, 5.41) is 10.2. The van der Waals surface area contributed by atoms with E-state index in [1.807, 2.05) is 24.8 Å². The van der Waals surface area contributed by atoms with Gasteiger partial charge >= 0.3 is 5.82 Å². The molecule has 1 saturated heterocycles. The first-order chi connectivity index (χ1) is 16.0. The van der Waals surface area contributed by atoms with Gasteiger partial charge in [-0.2, -0.15) is 0 Å². The van der Waals surface area contributed by atoms with Crippen LogP contribution in [-0.4, -0.2) is 55.9 Å². The number of pyridine rings is 1. The summed E-state index contributed by atoms with van der Waals surface area (Å²) in [6.45, 7) is 9.12. The average Bonchev–Trinajstić information content (AvgIpc) is 3.44. The van der Waals surface area contributed by atoms with Gasteiger partial charge in [0.05, 0.1) is 10.7 Å². The summed E-state index contributed by atoms with van der Waals surface area (Å²) >= 11 is 1.51. The van der Waals surface area contributed by atoms with Crippen LogP contribution in [0.4, 0.5) is 11.5 Å². The Morgan fingerprint density at radius 1 is 1.33 bits per heavy atom. The molecular formula is C24H29N6O2S+. The highest BCUT2D eigenvalue weighted by Crippen LogP contribution is 2.31. The number of allylic oxidation sites excluding steroid dienone is 1. The van der Waals surface area contributed by atoms with Crippen LogP contribution in [0.1, 0.15) is 67.4 Å². The second kappa shape index (κ2) is 10.2. The van der Waals surface area contributed by atoms with Crippen molar-refractivity contribution in [3.05, 3.63) is 47.1 Å². The van der Waals surface area contributed by atoms with Crippen LogP contribution >= 0.6 is 11.3 Å². The van der Waals surface area contributed by atoms with E-state index in [1.165, 1.54) is 11.3 Å². The summed E-state index contributed by atoms with van der Waals surface area (Å²) in [6, 6.07) is 3.61. The number of amides is 2. The fourth-order valence-electron chi connectivity index (χ4n) is 4.15. The zero-order valence-corrected chi connectivity index (χ0v) is 19.9. The molecule has 8 nitrogen and oxygen atoms in total. The van der Waals surface area contributed by atoms with Crippen LogP contribution in [0.15, 0.2) is 41.5 Å². The fraction of sp³-hybridized carbons (Fsp3) is 0.417. The number of nitrogens with zero attached hydrogens (tertiary/aromatic N) is 5. The molecule has 1 N–H and O–H groups in total. The third kappa shape index (κ3) is 5.24. The van der Waals surface area contributed by atoms with Gasteiger partial charge < -0.3 is 10.2 Å². The molecule has 0 radical (unpaired) electrons. The molecule has 33 heavy (non-hydrogen) atoms. The van der Waals surface area contributed by atoms with Crippen LogP contribution in [0.5, 0.6) is 0 Å². The predicted octanol–water partition coefficient (Wildman–Crippen LogP) is 4.35. The third-order valence-corrected chi connectivity index (χ3v) is 6.90. The Hall–Kier alpha value is -3.20. The quantitative estimate of drug-likeness (QED) is 0.486. The van der Waals surface area contributed by atoms with E-state index in [1.54, 1.807) is 28.4 Å². The lowest BCUT2D eigenvalue weighted by atomic mass is 9.97. The number of likely N-dealkylation sites (tertiary alicyclic amines) is 1. The summed E-state index contributed by atoms with van der Waals surface area (Å²) in [7, 11) is 0. The molecule has 0 atom stereocenters. The van der Waals surface area contributed by atoms with Crippen LogP contribution in [0.25, 0.3) is 0 Å². The average molecular weight is 466 g/mol. The van der Waals surface area contributed by atoms with E-state index in [-0.39, 0.29) is 17.7 Å². The molecule has 2 aliphatic heterocycles. The van der Waals surface area contributed by atoms with Crippen molar-refractivity contribution in [3.8, 4) is 0 Å². The second-order valence-corrected chi connectivity index (χ2v) is 9.33. The van der Waals surface area contributed by atoms with Crippen molar-refractivity contribution in [2.24, 2.45) is 5.10 Å². The minimum Gasteiger partial charge on any atom is -0.343 e. The predicted molar refractivity (Wildman–Crippen MR) is 131 cm³/mol. The van der Waals surface area contributed by atoms with Gasteiger partial charge in [-0.05, 0) is 50.2 Å². The molecule has 0 bridgehead atoms. The molecule has 4 heterocycles. The minimum atomic E-state index is -0.263. The van der Waals surface area contributed by atoms with Crippen molar-refractivity contribution < 1.29 is 14.3 Å². The van der Waals surface area contributed by atoms with Crippen LogP contribution in [0, 0.1) is 0 Å². The summed E-state index contributed by atoms with van der Waals surface area (Å²) in [6.07, 6.45) is 7.22. The van der Waals surface area contributed by atoms with Crippen LogP contribution < -0.4 is 5.32 Å². The summed E-state index contributed by atoms with van der Waals surface area (Å²) < 4.78 is 1.78. The highest BCUT2D eigenvalue weighted by Gasteiger charge is 2.28. The van der Waals surface area contributed by atoms with Gasteiger partial charge in [0.25, 0.3) is 5.91 Å². The first kappa shape index (κ1) is 23.0. The minimum absolute atomic E-state index is 0.185. The van der Waals surface area contributed by atoms with E-state index >= 15 is 0 Å². The Morgan fingerprint density at radius 3 is 2.82 bits per heavy atom. The number of hydrogen-bond acceptors (Lipinski definition) is 6. The Balaban J connectivity index is 1.41. The van der Waals surface area contributed by atoms with Gasteiger partial charge in [0.1, 0.15) is 23.3 Å². The van der Waals surface area contributed by atoms with Crippen molar-refractivity contribution in [2.45, 2.75) is 51.9 Å². The number of rotatable bonds is 7. The highest BCUT2D eigenvalue weighted by atomic mass is 32.1. The van der Waals surface area contributed by atoms with Gasteiger partial charge in [0.2, 0.25) is 5.91 Å². The van der Waals surface area contributed by atoms with Crippen molar-refractivity contribution in [1.82, 2.24) is 14.9 Å². The Kier molecular flexibility index (Phi) is 7.08. The van der Waals surface area contributed by atoms with E-state index in [0.717, 1.165) is 48.8 Å². The molecule has 2 aromatic heterocycles. The number of carbonyl (C=O) groups is 2. The summed E-state index contributed by atoms with van der Waals surface area (Å²) in [5.74, 6) is 0.795. The molecule has 0 aromatic carbocycles. The lowest BCUT2D eigenvalue weighted by Gasteiger charge is -2.31. The van der Waals surface area contributed by atoms with Crippen molar-refractivity contribution >= 4 is 46.1 Å². The maximum absolute atomic E-state index is 12.9. The Bertz CT molecular complexity index is 1130. The zero-order valence-electron chi connectivity index (χ0n) is 19.1. The van der Waals surface area contributed by atoms with E-state index < -0.39 is 0 Å². The molecular weight excluding hydrogens is 436 g/mol. The van der Waals surface area contributed by atoms with Gasteiger partial charge in [-0.1, -0.05) is 11.2 Å². The second-order valence-electron chi connectivity index (χ2n) is 8.44. The van der Waals surface area contributed by atoms with Crippen molar-refractivity contribution in [1.29, 1.82) is 0 Å². The Labute approximate surface area is 197 Å². The highest BCUT2D eigenvalue weighted by molar-refractivity contribution is 7.10. The molecule has 2 aromatic rings. The zero-order chi connectivity index (χ0) is 23.4. The maximum atomic E-state index is 12.9. The van der Waals surface area contributed by atoms with Crippen LogP contribution in [0.3, 0.4) is 0 Å². The first-order valence-corrected chi connectivity index (χ1v) is 12.1. The number of carbonyl (C=O) groups excluding carboxylic acids is 2.